The highest BCUT2D eigenvalue weighted by Crippen LogP contribution is 2.21. The minimum Gasteiger partial charge on any atom is -0.378 e. The highest BCUT2D eigenvalue weighted by atomic mass is 35.5. The van der Waals surface area contributed by atoms with E-state index in [1.807, 2.05) is 56.3 Å². The fourth-order valence-corrected chi connectivity index (χ4v) is 2.59. The van der Waals surface area contributed by atoms with Gasteiger partial charge in [-0.05, 0) is 48.9 Å². The summed E-state index contributed by atoms with van der Waals surface area (Å²) in [6.07, 6.45) is 2.96. The molecule has 138 valence electrons. The van der Waals surface area contributed by atoms with Crippen molar-refractivity contribution >= 4 is 40.4 Å². The fraction of sp³-hybridized carbons (Fsp3) is 0.150. The van der Waals surface area contributed by atoms with Gasteiger partial charge in [0.1, 0.15) is 11.5 Å². The lowest BCUT2D eigenvalue weighted by molar-refractivity contribution is 0.102. The zero-order valence-electron chi connectivity index (χ0n) is 15.3. The summed E-state index contributed by atoms with van der Waals surface area (Å²) in [4.78, 5) is 22.8. The van der Waals surface area contributed by atoms with Crippen molar-refractivity contribution in [2.45, 2.75) is 6.92 Å². The Morgan fingerprint density at radius 3 is 2.41 bits per heavy atom. The molecule has 0 atom stereocenters. The monoisotopic (exact) mass is 381 g/mol. The predicted molar refractivity (Wildman–Crippen MR) is 110 cm³/mol. The molecule has 0 aliphatic heterocycles. The molecule has 2 N–H and O–H groups in total. The third-order valence-corrected chi connectivity index (χ3v) is 4.22. The summed E-state index contributed by atoms with van der Waals surface area (Å²) in [5, 5.41) is 6.52. The normalized spacial score (nSPS) is 10.4. The predicted octanol–water partition coefficient (Wildman–Crippen LogP) is 4.50. The highest BCUT2D eigenvalue weighted by Gasteiger charge is 2.10. The van der Waals surface area contributed by atoms with Crippen molar-refractivity contribution in [3.63, 3.8) is 0 Å². The zero-order valence-corrected chi connectivity index (χ0v) is 16.1. The third kappa shape index (κ3) is 4.74. The zero-order chi connectivity index (χ0) is 19.4. The van der Waals surface area contributed by atoms with E-state index in [1.165, 1.54) is 12.4 Å². The Morgan fingerprint density at radius 1 is 1.04 bits per heavy atom. The number of halogens is 1. The summed E-state index contributed by atoms with van der Waals surface area (Å²) < 4.78 is 0. The number of aromatic nitrogens is 2. The topological polar surface area (TPSA) is 70.2 Å². The van der Waals surface area contributed by atoms with Gasteiger partial charge in [-0.3, -0.25) is 4.79 Å². The summed E-state index contributed by atoms with van der Waals surface area (Å²) in [5.41, 5.74) is 3.79. The molecule has 0 saturated heterocycles. The largest absolute Gasteiger partial charge is 0.378 e. The summed E-state index contributed by atoms with van der Waals surface area (Å²) in [5.74, 6) is 0.220. The molecule has 2 aromatic carbocycles. The number of anilines is 4. The molecule has 7 heteroatoms. The standard InChI is InChI=1S/C20H20ClN5O/c1-13-4-5-14(21)10-17(13)25-20(27)18-11-23-19(12-22-18)24-15-6-8-16(9-7-15)26(2)3/h4-12H,1-3H3,(H,23,24)(H,25,27). The van der Waals surface area contributed by atoms with Gasteiger partial charge in [0.2, 0.25) is 0 Å². The number of benzene rings is 2. The van der Waals surface area contributed by atoms with Crippen LogP contribution in [0.4, 0.5) is 22.9 Å². The second-order valence-corrected chi connectivity index (χ2v) is 6.70. The van der Waals surface area contributed by atoms with Crippen molar-refractivity contribution in [1.29, 1.82) is 0 Å². The molecular formula is C20H20ClN5O. The van der Waals surface area contributed by atoms with Gasteiger partial charge in [0, 0.05) is 36.2 Å². The molecule has 0 fully saturated rings. The van der Waals surface area contributed by atoms with Gasteiger partial charge in [-0.1, -0.05) is 17.7 Å². The molecule has 6 nitrogen and oxygen atoms in total. The van der Waals surface area contributed by atoms with Gasteiger partial charge < -0.3 is 15.5 Å². The molecule has 3 aromatic rings. The quantitative estimate of drug-likeness (QED) is 0.680. The van der Waals surface area contributed by atoms with Crippen LogP contribution in [0.3, 0.4) is 0 Å². The van der Waals surface area contributed by atoms with Crippen LogP contribution in [0, 0.1) is 6.92 Å². The second kappa shape index (κ2) is 8.05. The van der Waals surface area contributed by atoms with Crippen LogP contribution in [-0.2, 0) is 0 Å². The van der Waals surface area contributed by atoms with Gasteiger partial charge in [-0.25, -0.2) is 9.97 Å². The van der Waals surface area contributed by atoms with E-state index in [-0.39, 0.29) is 11.6 Å². The minimum absolute atomic E-state index is 0.225. The minimum atomic E-state index is -0.338. The van der Waals surface area contributed by atoms with Crippen LogP contribution >= 0.6 is 11.6 Å². The lowest BCUT2D eigenvalue weighted by Crippen LogP contribution is -2.15. The van der Waals surface area contributed by atoms with Crippen molar-refractivity contribution in [1.82, 2.24) is 9.97 Å². The molecule has 0 saturated carbocycles. The molecule has 1 aromatic heterocycles. The average molecular weight is 382 g/mol. The van der Waals surface area contributed by atoms with E-state index in [9.17, 15) is 4.79 Å². The number of aryl methyl sites for hydroxylation is 1. The molecule has 0 aliphatic rings. The number of amides is 1. The number of hydrogen-bond acceptors (Lipinski definition) is 5. The Balaban J connectivity index is 1.67. The number of nitrogens with zero attached hydrogens (tertiary/aromatic N) is 3. The van der Waals surface area contributed by atoms with Crippen LogP contribution < -0.4 is 15.5 Å². The summed E-state index contributed by atoms with van der Waals surface area (Å²) in [6.45, 7) is 1.90. The SMILES string of the molecule is Cc1ccc(Cl)cc1NC(=O)c1cnc(Nc2ccc(N(C)C)cc2)cn1. The Hall–Kier alpha value is -3.12. The maximum absolute atomic E-state index is 12.4. The Bertz CT molecular complexity index is 940. The summed E-state index contributed by atoms with van der Waals surface area (Å²) >= 11 is 5.98. The third-order valence-electron chi connectivity index (χ3n) is 3.99. The molecule has 0 radical (unpaired) electrons. The first-order chi connectivity index (χ1) is 12.9. The molecule has 3 rings (SSSR count). The van der Waals surface area contributed by atoms with Gasteiger partial charge >= 0.3 is 0 Å². The fourth-order valence-electron chi connectivity index (χ4n) is 2.42. The molecule has 27 heavy (non-hydrogen) atoms. The first-order valence-electron chi connectivity index (χ1n) is 8.36. The van der Waals surface area contributed by atoms with E-state index in [4.69, 9.17) is 11.6 Å². The van der Waals surface area contributed by atoms with Crippen molar-refractivity contribution in [2.24, 2.45) is 0 Å². The number of nitrogens with one attached hydrogen (secondary N) is 2. The van der Waals surface area contributed by atoms with Crippen LogP contribution in [0.2, 0.25) is 5.02 Å². The second-order valence-electron chi connectivity index (χ2n) is 6.27. The first-order valence-corrected chi connectivity index (χ1v) is 8.74. The summed E-state index contributed by atoms with van der Waals surface area (Å²) in [6, 6.07) is 13.3. The van der Waals surface area contributed by atoms with Gasteiger partial charge in [-0.2, -0.15) is 0 Å². The van der Waals surface area contributed by atoms with Crippen LogP contribution in [0.25, 0.3) is 0 Å². The molecule has 1 amide bonds. The van der Waals surface area contributed by atoms with Crippen LogP contribution in [0.15, 0.2) is 54.9 Å². The number of rotatable bonds is 5. The average Bonchev–Trinajstić information content (AvgIpc) is 2.65. The van der Waals surface area contributed by atoms with Gasteiger partial charge in [-0.15, -0.1) is 0 Å². The van der Waals surface area contributed by atoms with E-state index in [2.05, 4.69) is 20.6 Å². The number of carbonyl (C=O) groups is 1. The van der Waals surface area contributed by atoms with Crippen molar-refractivity contribution in [3.8, 4) is 0 Å². The molecule has 0 bridgehead atoms. The maximum atomic E-state index is 12.4. The smallest absolute Gasteiger partial charge is 0.275 e. The van der Waals surface area contributed by atoms with E-state index in [0.717, 1.165) is 16.9 Å². The Morgan fingerprint density at radius 2 is 1.78 bits per heavy atom. The van der Waals surface area contributed by atoms with E-state index in [1.54, 1.807) is 12.1 Å². The van der Waals surface area contributed by atoms with Gasteiger partial charge in [0.25, 0.3) is 5.91 Å². The maximum Gasteiger partial charge on any atom is 0.275 e. The lowest BCUT2D eigenvalue weighted by atomic mass is 10.2. The molecule has 0 spiro atoms. The Kier molecular flexibility index (Phi) is 5.57. The Labute approximate surface area is 163 Å². The van der Waals surface area contributed by atoms with Crippen LogP contribution in [-0.4, -0.2) is 30.0 Å². The van der Waals surface area contributed by atoms with Gasteiger partial charge in [0.15, 0.2) is 0 Å². The number of hydrogen-bond donors (Lipinski definition) is 2. The number of carbonyl (C=O) groups excluding carboxylic acids is 1. The van der Waals surface area contributed by atoms with Crippen LogP contribution in [0.5, 0.6) is 0 Å². The van der Waals surface area contributed by atoms with Crippen LogP contribution in [0.1, 0.15) is 16.1 Å². The molecular weight excluding hydrogens is 362 g/mol. The van der Waals surface area contributed by atoms with Gasteiger partial charge in [0.05, 0.1) is 12.4 Å². The molecule has 0 unspecified atom stereocenters. The lowest BCUT2D eigenvalue weighted by Gasteiger charge is -2.13. The molecule has 1 heterocycles. The first kappa shape index (κ1) is 18.7. The highest BCUT2D eigenvalue weighted by molar-refractivity contribution is 6.31. The van der Waals surface area contributed by atoms with Crippen molar-refractivity contribution < 1.29 is 4.79 Å². The van der Waals surface area contributed by atoms with E-state index in [0.29, 0.717) is 16.5 Å². The molecule has 0 aliphatic carbocycles. The van der Waals surface area contributed by atoms with E-state index < -0.39 is 0 Å². The summed E-state index contributed by atoms with van der Waals surface area (Å²) in [7, 11) is 3.98. The van der Waals surface area contributed by atoms with E-state index >= 15 is 0 Å². The van der Waals surface area contributed by atoms with Crippen molar-refractivity contribution in [2.75, 3.05) is 29.6 Å². The van der Waals surface area contributed by atoms with Crippen molar-refractivity contribution in [3.05, 3.63) is 71.1 Å².